The maximum Gasteiger partial charge on any atom is 0.0705 e. The van der Waals surface area contributed by atoms with Gasteiger partial charge in [-0.25, -0.2) is 0 Å². The van der Waals surface area contributed by atoms with Gasteiger partial charge in [-0.05, 0) is 24.3 Å². The summed E-state index contributed by atoms with van der Waals surface area (Å²) in [5, 5.41) is 3.50. The third kappa shape index (κ3) is 4.06. The molecule has 0 saturated heterocycles. The van der Waals surface area contributed by atoms with Crippen molar-refractivity contribution in [1.29, 1.82) is 0 Å². The van der Waals surface area contributed by atoms with Crippen LogP contribution in [0.1, 0.15) is 25.2 Å². The van der Waals surface area contributed by atoms with Gasteiger partial charge in [-0.2, -0.15) is 0 Å². The second-order valence-electron chi connectivity index (χ2n) is 6.58. The summed E-state index contributed by atoms with van der Waals surface area (Å²) >= 11 is 0. The van der Waals surface area contributed by atoms with Gasteiger partial charge in [0.2, 0.25) is 0 Å². The molecule has 0 spiro atoms. The van der Waals surface area contributed by atoms with Gasteiger partial charge in [0.15, 0.2) is 0 Å². The fourth-order valence-corrected chi connectivity index (χ4v) is 2.68. The predicted octanol–water partition coefficient (Wildman–Crippen LogP) is 4.21. The highest BCUT2D eigenvalue weighted by Gasteiger charge is 2.22. The number of nitrogens with one attached hydrogen (secondary N) is 1. The molecule has 0 fully saturated rings. The summed E-state index contributed by atoms with van der Waals surface area (Å²) in [6.45, 7) is 6.04. The molecule has 3 heteroatoms. The van der Waals surface area contributed by atoms with Crippen molar-refractivity contribution in [3.05, 3.63) is 84.3 Å². The molecule has 0 unspecified atom stereocenters. The molecule has 0 saturated carbocycles. The smallest absolute Gasteiger partial charge is 0.0705 e. The van der Waals surface area contributed by atoms with Crippen LogP contribution in [0.5, 0.6) is 0 Å². The molecule has 2 heterocycles. The van der Waals surface area contributed by atoms with Gasteiger partial charge in [0.05, 0.1) is 11.4 Å². The fraction of sp³-hybridized carbons (Fsp3) is 0.238. The first-order valence-corrected chi connectivity index (χ1v) is 8.29. The minimum absolute atomic E-state index is 0.0560. The van der Waals surface area contributed by atoms with Crippen LogP contribution in [0.4, 0.5) is 0 Å². The summed E-state index contributed by atoms with van der Waals surface area (Å²) < 4.78 is 0. The van der Waals surface area contributed by atoms with E-state index in [2.05, 4.69) is 54.5 Å². The normalized spacial score (nSPS) is 11.4. The Morgan fingerprint density at radius 1 is 0.875 bits per heavy atom. The minimum Gasteiger partial charge on any atom is -0.310 e. The molecule has 1 N–H and O–H groups in total. The van der Waals surface area contributed by atoms with Crippen LogP contribution in [0.15, 0.2) is 72.9 Å². The van der Waals surface area contributed by atoms with Gasteiger partial charge in [0.1, 0.15) is 0 Å². The molecule has 0 aliphatic carbocycles. The summed E-state index contributed by atoms with van der Waals surface area (Å²) in [7, 11) is 0. The van der Waals surface area contributed by atoms with Crippen molar-refractivity contribution in [3.63, 3.8) is 0 Å². The monoisotopic (exact) mass is 317 g/mol. The molecule has 0 radical (unpaired) electrons. The molecule has 0 aliphatic heterocycles. The lowest BCUT2D eigenvalue weighted by molar-refractivity contribution is 0.456. The van der Waals surface area contributed by atoms with Crippen LogP contribution >= 0.6 is 0 Å². The average molecular weight is 317 g/mol. The maximum absolute atomic E-state index is 4.88. The quantitative estimate of drug-likeness (QED) is 0.740. The molecular weight excluding hydrogens is 294 g/mol. The van der Waals surface area contributed by atoms with Crippen molar-refractivity contribution in [2.75, 3.05) is 6.54 Å². The first-order valence-electron chi connectivity index (χ1n) is 8.29. The van der Waals surface area contributed by atoms with Crippen molar-refractivity contribution in [2.24, 2.45) is 0 Å². The van der Waals surface area contributed by atoms with E-state index in [9.17, 15) is 0 Å². The second-order valence-corrected chi connectivity index (χ2v) is 6.58. The highest BCUT2D eigenvalue weighted by atomic mass is 14.9. The zero-order valence-corrected chi connectivity index (χ0v) is 14.2. The van der Waals surface area contributed by atoms with Crippen LogP contribution in [-0.2, 0) is 12.0 Å². The Hall–Kier alpha value is -2.52. The van der Waals surface area contributed by atoms with Crippen LogP contribution in [0.3, 0.4) is 0 Å². The topological polar surface area (TPSA) is 37.8 Å². The minimum atomic E-state index is -0.0560. The SMILES string of the molecule is CC(C)(CNCc1ccccn1)c1cccc(-c2ccccc2)n1. The van der Waals surface area contributed by atoms with E-state index in [1.165, 1.54) is 0 Å². The summed E-state index contributed by atoms with van der Waals surface area (Å²) in [6.07, 6.45) is 1.83. The van der Waals surface area contributed by atoms with E-state index in [0.29, 0.717) is 0 Å². The van der Waals surface area contributed by atoms with Gasteiger partial charge < -0.3 is 5.32 Å². The van der Waals surface area contributed by atoms with Crippen molar-refractivity contribution < 1.29 is 0 Å². The van der Waals surface area contributed by atoms with E-state index >= 15 is 0 Å². The number of nitrogens with zero attached hydrogens (tertiary/aromatic N) is 2. The predicted molar refractivity (Wildman–Crippen MR) is 98.6 cm³/mol. The van der Waals surface area contributed by atoms with E-state index < -0.39 is 0 Å². The average Bonchev–Trinajstić information content (AvgIpc) is 2.63. The van der Waals surface area contributed by atoms with Gasteiger partial charge in [-0.15, -0.1) is 0 Å². The molecule has 0 amide bonds. The van der Waals surface area contributed by atoms with Crippen molar-refractivity contribution in [3.8, 4) is 11.3 Å². The lowest BCUT2D eigenvalue weighted by Gasteiger charge is -2.25. The standard InChI is InChI=1S/C21H23N3/c1-21(2,16-22-15-18-11-6-7-14-23-18)20-13-8-12-19(24-20)17-9-4-3-5-10-17/h3-14,22H,15-16H2,1-2H3. The highest BCUT2D eigenvalue weighted by Crippen LogP contribution is 2.24. The summed E-state index contributed by atoms with van der Waals surface area (Å²) in [4.78, 5) is 9.23. The number of rotatable bonds is 6. The molecule has 0 bridgehead atoms. The number of benzene rings is 1. The number of hydrogen-bond donors (Lipinski definition) is 1. The van der Waals surface area contributed by atoms with Gasteiger partial charge >= 0.3 is 0 Å². The van der Waals surface area contributed by atoms with Crippen molar-refractivity contribution in [1.82, 2.24) is 15.3 Å². The Labute approximate surface area is 143 Å². The lowest BCUT2D eigenvalue weighted by atomic mass is 9.88. The number of aromatic nitrogens is 2. The summed E-state index contributed by atoms with van der Waals surface area (Å²) in [6, 6.07) is 22.6. The summed E-state index contributed by atoms with van der Waals surface area (Å²) in [5.74, 6) is 0. The Balaban J connectivity index is 1.70. The fourth-order valence-electron chi connectivity index (χ4n) is 2.68. The van der Waals surface area contributed by atoms with Gasteiger partial charge in [-0.1, -0.05) is 56.3 Å². The molecule has 122 valence electrons. The maximum atomic E-state index is 4.88. The molecule has 1 aromatic carbocycles. The van der Waals surface area contributed by atoms with Crippen molar-refractivity contribution in [2.45, 2.75) is 25.8 Å². The van der Waals surface area contributed by atoms with E-state index in [1.54, 1.807) is 0 Å². The Kier molecular flexibility index (Phi) is 5.02. The van der Waals surface area contributed by atoms with E-state index in [4.69, 9.17) is 4.98 Å². The van der Waals surface area contributed by atoms with Gasteiger partial charge in [-0.3, -0.25) is 9.97 Å². The zero-order valence-electron chi connectivity index (χ0n) is 14.2. The first kappa shape index (κ1) is 16.3. The zero-order chi connectivity index (χ0) is 16.8. The Morgan fingerprint density at radius 2 is 1.67 bits per heavy atom. The second kappa shape index (κ2) is 7.37. The van der Waals surface area contributed by atoms with Crippen LogP contribution in [0.25, 0.3) is 11.3 Å². The largest absolute Gasteiger partial charge is 0.310 e. The molecule has 3 nitrogen and oxygen atoms in total. The van der Waals surface area contributed by atoms with E-state index in [-0.39, 0.29) is 5.41 Å². The molecule has 0 atom stereocenters. The Morgan fingerprint density at radius 3 is 2.42 bits per heavy atom. The van der Waals surface area contributed by atoms with Crippen LogP contribution in [0, 0.1) is 0 Å². The molecule has 0 aliphatic rings. The third-order valence-corrected chi connectivity index (χ3v) is 4.11. The summed E-state index contributed by atoms with van der Waals surface area (Å²) in [5.41, 5.74) is 4.26. The van der Waals surface area contributed by atoms with Crippen LogP contribution in [0.2, 0.25) is 0 Å². The number of pyridine rings is 2. The molecule has 3 rings (SSSR count). The highest BCUT2D eigenvalue weighted by molar-refractivity contribution is 5.59. The molecular formula is C21H23N3. The first-order chi connectivity index (χ1) is 11.6. The van der Waals surface area contributed by atoms with Crippen molar-refractivity contribution >= 4 is 0 Å². The van der Waals surface area contributed by atoms with E-state index in [1.807, 2.05) is 42.6 Å². The van der Waals surface area contributed by atoms with Crippen LogP contribution < -0.4 is 5.32 Å². The van der Waals surface area contributed by atoms with Crippen LogP contribution in [-0.4, -0.2) is 16.5 Å². The van der Waals surface area contributed by atoms with Gasteiger partial charge in [0, 0.05) is 36.0 Å². The van der Waals surface area contributed by atoms with Gasteiger partial charge in [0.25, 0.3) is 0 Å². The lowest BCUT2D eigenvalue weighted by Crippen LogP contribution is -2.33. The number of hydrogen-bond acceptors (Lipinski definition) is 3. The molecule has 3 aromatic rings. The Bertz CT molecular complexity index is 767. The molecule has 2 aromatic heterocycles. The van der Waals surface area contributed by atoms with E-state index in [0.717, 1.165) is 35.7 Å². The third-order valence-electron chi connectivity index (χ3n) is 4.11. The molecule has 24 heavy (non-hydrogen) atoms.